The summed E-state index contributed by atoms with van der Waals surface area (Å²) in [5.74, 6) is 0. The van der Waals surface area contributed by atoms with Gasteiger partial charge >= 0.3 is 0 Å². The fourth-order valence-electron chi connectivity index (χ4n) is 4.39. The van der Waals surface area contributed by atoms with Crippen molar-refractivity contribution in [2.24, 2.45) is 12.5 Å². The zero-order chi connectivity index (χ0) is 14.1. The molecule has 2 atom stereocenters. The Kier molecular flexibility index (Phi) is 2.26. The summed E-state index contributed by atoms with van der Waals surface area (Å²) >= 11 is 0. The average molecular weight is 269 g/mol. The van der Waals surface area contributed by atoms with Crippen molar-refractivity contribution >= 4 is 11.0 Å². The van der Waals surface area contributed by atoms with E-state index in [-0.39, 0.29) is 5.41 Å². The number of nitrogens with zero attached hydrogens (tertiary/aromatic N) is 2. The Bertz CT molecular complexity index is 698. The Morgan fingerprint density at radius 3 is 2.90 bits per heavy atom. The van der Waals surface area contributed by atoms with E-state index in [9.17, 15) is 0 Å². The molecule has 0 saturated carbocycles. The van der Waals surface area contributed by atoms with Crippen LogP contribution in [0.4, 0.5) is 0 Å². The highest BCUT2D eigenvalue weighted by molar-refractivity contribution is 5.78. The molecule has 2 aromatic rings. The van der Waals surface area contributed by atoms with E-state index in [1.165, 1.54) is 23.1 Å². The molecule has 1 N–H and O–H groups in total. The van der Waals surface area contributed by atoms with E-state index in [1.807, 2.05) is 6.33 Å². The Balaban J connectivity index is 2.02. The number of aryl methyl sites for hydroxylation is 1. The van der Waals surface area contributed by atoms with Gasteiger partial charge < -0.3 is 9.88 Å². The van der Waals surface area contributed by atoms with E-state index in [1.54, 1.807) is 0 Å². The SMILES string of the molecule is Cn1cnc2cc3c(cc21)CC1NCC[C@]3(C)C1(C)C. The minimum atomic E-state index is 0.252. The van der Waals surface area contributed by atoms with Gasteiger partial charge in [0.25, 0.3) is 0 Å². The largest absolute Gasteiger partial charge is 0.334 e. The normalized spacial score (nSPS) is 31.3. The van der Waals surface area contributed by atoms with Crippen molar-refractivity contribution in [2.75, 3.05) is 6.54 Å². The molecule has 3 nitrogen and oxygen atoms in total. The topological polar surface area (TPSA) is 29.9 Å². The highest BCUT2D eigenvalue weighted by atomic mass is 15.0. The molecule has 1 aromatic heterocycles. The molecule has 1 aliphatic carbocycles. The first-order valence-corrected chi connectivity index (χ1v) is 7.61. The first kappa shape index (κ1) is 12.4. The van der Waals surface area contributed by atoms with Crippen LogP contribution in [-0.2, 0) is 18.9 Å². The van der Waals surface area contributed by atoms with Gasteiger partial charge in [0.15, 0.2) is 0 Å². The summed E-state index contributed by atoms with van der Waals surface area (Å²) in [5.41, 5.74) is 5.99. The standard InChI is InChI=1S/C17H23N3/c1-16(2)15-8-11-7-14-13(19-10-20(14)4)9-12(11)17(16,3)5-6-18-15/h7,9-10,15,18H,5-6,8H2,1-4H3/t15?,17-/m0/s1. The van der Waals surface area contributed by atoms with Crippen LogP contribution in [0.1, 0.15) is 38.3 Å². The monoisotopic (exact) mass is 269 g/mol. The van der Waals surface area contributed by atoms with Crippen LogP contribution in [0.3, 0.4) is 0 Å². The summed E-state index contributed by atoms with van der Waals surface area (Å²) in [4.78, 5) is 4.56. The van der Waals surface area contributed by atoms with Crippen LogP contribution < -0.4 is 5.32 Å². The first-order valence-electron chi connectivity index (χ1n) is 7.61. The third-order valence-corrected chi connectivity index (χ3v) is 6.28. The highest BCUT2D eigenvalue weighted by Crippen LogP contribution is 2.54. The van der Waals surface area contributed by atoms with Gasteiger partial charge in [0, 0.05) is 18.5 Å². The number of hydrogen-bond donors (Lipinski definition) is 1. The predicted molar refractivity (Wildman–Crippen MR) is 82.0 cm³/mol. The lowest BCUT2D eigenvalue weighted by molar-refractivity contribution is 0.0561. The summed E-state index contributed by atoms with van der Waals surface area (Å²) in [7, 11) is 2.08. The van der Waals surface area contributed by atoms with Gasteiger partial charge in [-0.15, -0.1) is 0 Å². The molecule has 20 heavy (non-hydrogen) atoms. The molecule has 1 aliphatic heterocycles. The lowest BCUT2D eigenvalue weighted by Gasteiger charge is -2.57. The van der Waals surface area contributed by atoms with Crippen LogP contribution in [0.2, 0.25) is 0 Å². The van der Waals surface area contributed by atoms with Gasteiger partial charge in [0.05, 0.1) is 17.4 Å². The molecule has 1 aromatic carbocycles. The van der Waals surface area contributed by atoms with Gasteiger partial charge in [0.1, 0.15) is 0 Å². The molecular weight excluding hydrogens is 246 g/mol. The molecule has 1 saturated heterocycles. The van der Waals surface area contributed by atoms with Crippen molar-refractivity contribution in [3.8, 4) is 0 Å². The summed E-state index contributed by atoms with van der Waals surface area (Å²) < 4.78 is 2.13. The van der Waals surface area contributed by atoms with Crippen LogP contribution in [-0.4, -0.2) is 22.1 Å². The molecular formula is C17H23N3. The molecule has 4 rings (SSSR count). The van der Waals surface area contributed by atoms with Crippen LogP contribution in [0.15, 0.2) is 18.5 Å². The molecule has 2 aliphatic rings. The van der Waals surface area contributed by atoms with Crippen molar-refractivity contribution < 1.29 is 0 Å². The van der Waals surface area contributed by atoms with Gasteiger partial charge in [-0.25, -0.2) is 4.98 Å². The summed E-state index contributed by atoms with van der Waals surface area (Å²) in [6.45, 7) is 8.43. The number of imidazole rings is 1. The van der Waals surface area contributed by atoms with Gasteiger partial charge in [-0.3, -0.25) is 0 Å². The highest BCUT2D eigenvalue weighted by Gasteiger charge is 2.53. The number of fused-ring (bicyclic) bond motifs is 5. The van der Waals surface area contributed by atoms with E-state index < -0.39 is 0 Å². The van der Waals surface area contributed by atoms with Crippen LogP contribution in [0.25, 0.3) is 11.0 Å². The second kappa shape index (κ2) is 3.64. The number of rotatable bonds is 0. The maximum absolute atomic E-state index is 4.56. The lowest BCUT2D eigenvalue weighted by Crippen LogP contribution is -2.62. The second-order valence-electron chi connectivity index (χ2n) is 7.37. The Morgan fingerprint density at radius 2 is 2.10 bits per heavy atom. The summed E-state index contributed by atoms with van der Waals surface area (Å²) in [6, 6.07) is 5.30. The molecule has 0 spiro atoms. The molecule has 3 heteroatoms. The lowest BCUT2D eigenvalue weighted by atomic mass is 9.51. The average Bonchev–Trinajstić information content (AvgIpc) is 2.74. The van der Waals surface area contributed by atoms with Crippen molar-refractivity contribution in [2.45, 2.75) is 45.1 Å². The first-order chi connectivity index (χ1) is 9.43. The number of hydrogen-bond acceptors (Lipinski definition) is 2. The maximum atomic E-state index is 4.56. The summed E-state index contributed by atoms with van der Waals surface area (Å²) in [6.07, 6.45) is 4.27. The van der Waals surface area contributed by atoms with Gasteiger partial charge in [0.2, 0.25) is 0 Å². The number of nitrogens with one attached hydrogen (secondary N) is 1. The van der Waals surface area contributed by atoms with Crippen LogP contribution in [0.5, 0.6) is 0 Å². The molecule has 0 amide bonds. The minimum absolute atomic E-state index is 0.252. The van der Waals surface area contributed by atoms with E-state index in [0.29, 0.717) is 11.5 Å². The van der Waals surface area contributed by atoms with E-state index in [4.69, 9.17) is 0 Å². The van der Waals surface area contributed by atoms with Gasteiger partial charge in [-0.2, -0.15) is 0 Å². The molecule has 106 valence electrons. The fraction of sp³-hybridized carbons (Fsp3) is 0.588. The second-order valence-corrected chi connectivity index (χ2v) is 7.37. The molecule has 1 unspecified atom stereocenters. The quantitative estimate of drug-likeness (QED) is 0.797. The summed E-state index contributed by atoms with van der Waals surface area (Å²) in [5, 5.41) is 3.74. The number of piperidine rings is 1. The zero-order valence-electron chi connectivity index (χ0n) is 12.8. The zero-order valence-corrected chi connectivity index (χ0v) is 12.8. The number of benzene rings is 1. The van der Waals surface area contributed by atoms with Crippen LogP contribution >= 0.6 is 0 Å². The Labute approximate surface area is 120 Å². The smallest absolute Gasteiger partial charge is 0.0955 e. The van der Waals surface area contributed by atoms with Crippen molar-refractivity contribution in [1.29, 1.82) is 0 Å². The fourth-order valence-corrected chi connectivity index (χ4v) is 4.39. The van der Waals surface area contributed by atoms with Crippen molar-refractivity contribution in [3.63, 3.8) is 0 Å². The number of aromatic nitrogens is 2. The van der Waals surface area contributed by atoms with Gasteiger partial charge in [-0.1, -0.05) is 20.8 Å². The Morgan fingerprint density at radius 1 is 1.30 bits per heavy atom. The van der Waals surface area contributed by atoms with Crippen molar-refractivity contribution in [3.05, 3.63) is 29.6 Å². The van der Waals surface area contributed by atoms with E-state index >= 15 is 0 Å². The predicted octanol–water partition coefficient (Wildman–Crippen LogP) is 2.78. The third kappa shape index (κ3) is 1.32. The van der Waals surface area contributed by atoms with E-state index in [0.717, 1.165) is 18.5 Å². The molecule has 2 heterocycles. The minimum Gasteiger partial charge on any atom is -0.334 e. The molecule has 2 bridgehead atoms. The van der Waals surface area contributed by atoms with Crippen LogP contribution in [0, 0.1) is 5.41 Å². The molecule has 0 radical (unpaired) electrons. The molecule has 1 fully saturated rings. The van der Waals surface area contributed by atoms with E-state index in [2.05, 4.69) is 54.8 Å². The third-order valence-electron chi connectivity index (χ3n) is 6.28. The van der Waals surface area contributed by atoms with Gasteiger partial charge in [-0.05, 0) is 48.1 Å². The van der Waals surface area contributed by atoms with Crippen molar-refractivity contribution in [1.82, 2.24) is 14.9 Å². The Hall–Kier alpha value is -1.35. The maximum Gasteiger partial charge on any atom is 0.0955 e.